The van der Waals surface area contributed by atoms with E-state index in [1.165, 1.54) is 4.88 Å². The molecule has 5 heteroatoms. The molecule has 0 aliphatic carbocycles. The van der Waals surface area contributed by atoms with Gasteiger partial charge in [0.1, 0.15) is 11.5 Å². The van der Waals surface area contributed by atoms with Crippen molar-refractivity contribution in [3.05, 3.63) is 39.5 Å². The molecule has 0 radical (unpaired) electrons. The van der Waals surface area contributed by atoms with Crippen molar-refractivity contribution in [2.75, 3.05) is 18.5 Å². The molecule has 0 unspecified atom stereocenters. The molecule has 2 rings (SSSR count). The van der Waals surface area contributed by atoms with Crippen LogP contribution in [0.3, 0.4) is 0 Å². The highest BCUT2D eigenvalue weighted by Gasteiger charge is 2.06. The van der Waals surface area contributed by atoms with E-state index in [2.05, 4.69) is 5.32 Å². The lowest BCUT2D eigenvalue weighted by Gasteiger charge is -2.13. The second-order valence-electron chi connectivity index (χ2n) is 4.08. The predicted octanol–water partition coefficient (Wildman–Crippen LogP) is 4.81. The van der Waals surface area contributed by atoms with Crippen LogP contribution in [0.4, 0.5) is 5.69 Å². The van der Waals surface area contributed by atoms with E-state index >= 15 is 0 Å². The molecule has 1 aromatic heterocycles. The fourth-order valence-electron chi connectivity index (χ4n) is 1.81. The fourth-order valence-corrected chi connectivity index (χ4v) is 2.84. The van der Waals surface area contributed by atoms with Crippen LogP contribution in [0.1, 0.15) is 18.7 Å². The minimum atomic E-state index is 0.632. The third-order valence-corrected chi connectivity index (χ3v) is 3.87. The molecule has 0 saturated heterocycles. The van der Waals surface area contributed by atoms with E-state index in [0.29, 0.717) is 19.8 Å². The van der Waals surface area contributed by atoms with Crippen molar-refractivity contribution >= 4 is 28.6 Å². The topological polar surface area (TPSA) is 30.5 Å². The molecule has 108 valence electrons. The van der Waals surface area contributed by atoms with Gasteiger partial charge in [0.2, 0.25) is 0 Å². The summed E-state index contributed by atoms with van der Waals surface area (Å²) in [6.07, 6.45) is 0. The Morgan fingerprint density at radius 1 is 1.10 bits per heavy atom. The molecule has 0 spiro atoms. The Morgan fingerprint density at radius 2 is 1.90 bits per heavy atom. The highest BCUT2D eigenvalue weighted by molar-refractivity contribution is 7.16. The van der Waals surface area contributed by atoms with Crippen LogP contribution >= 0.6 is 22.9 Å². The minimum Gasteiger partial charge on any atom is -0.494 e. The van der Waals surface area contributed by atoms with E-state index in [-0.39, 0.29) is 0 Å². The Labute approximate surface area is 128 Å². The van der Waals surface area contributed by atoms with Gasteiger partial charge in [0.05, 0.1) is 23.2 Å². The van der Waals surface area contributed by atoms with Crippen molar-refractivity contribution in [2.24, 2.45) is 0 Å². The number of hydrogen-bond acceptors (Lipinski definition) is 4. The zero-order valence-electron chi connectivity index (χ0n) is 11.6. The fraction of sp³-hybridized carbons (Fsp3) is 0.333. The molecule has 0 aliphatic heterocycles. The number of anilines is 1. The third kappa shape index (κ3) is 4.05. The molecular weight excluding hydrogens is 294 g/mol. The molecule has 20 heavy (non-hydrogen) atoms. The first kappa shape index (κ1) is 15.0. The number of rotatable bonds is 7. The van der Waals surface area contributed by atoms with Gasteiger partial charge >= 0.3 is 0 Å². The largest absolute Gasteiger partial charge is 0.494 e. The summed E-state index contributed by atoms with van der Waals surface area (Å²) >= 11 is 7.51. The van der Waals surface area contributed by atoms with Gasteiger partial charge in [-0.3, -0.25) is 0 Å². The zero-order chi connectivity index (χ0) is 14.4. The molecule has 3 nitrogen and oxygen atoms in total. The number of hydrogen-bond donors (Lipinski definition) is 1. The quantitative estimate of drug-likeness (QED) is 0.796. The van der Waals surface area contributed by atoms with Gasteiger partial charge in [-0.15, -0.1) is 11.3 Å². The highest BCUT2D eigenvalue weighted by atomic mass is 35.5. The van der Waals surface area contributed by atoms with Crippen LogP contribution in [0.25, 0.3) is 0 Å². The van der Waals surface area contributed by atoms with Gasteiger partial charge in [-0.1, -0.05) is 11.6 Å². The first-order valence-corrected chi connectivity index (χ1v) is 7.80. The summed E-state index contributed by atoms with van der Waals surface area (Å²) in [7, 11) is 0. The summed E-state index contributed by atoms with van der Waals surface area (Å²) < 4.78 is 11.9. The lowest BCUT2D eigenvalue weighted by Crippen LogP contribution is -2.02. The van der Waals surface area contributed by atoms with Gasteiger partial charge < -0.3 is 14.8 Å². The van der Waals surface area contributed by atoms with E-state index in [1.807, 2.05) is 44.2 Å². The maximum Gasteiger partial charge on any atom is 0.142 e. The molecular formula is C15H18ClNO2S. The van der Waals surface area contributed by atoms with Crippen molar-refractivity contribution in [1.82, 2.24) is 0 Å². The normalized spacial score (nSPS) is 10.3. The Hall–Kier alpha value is -1.39. The number of halogens is 1. The number of ether oxygens (including phenoxy) is 2. The first-order valence-electron chi connectivity index (χ1n) is 6.60. The molecule has 0 bridgehead atoms. The SMILES string of the molecule is CCOc1ccc(OCC)c(NCc2ccc(Cl)s2)c1. The van der Waals surface area contributed by atoms with Crippen LogP contribution < -0.4 is 14.8 Å². The van der Waals surface area contributed by atoms with E-state index in [0.717, 1.165) is 21.5 Å². The van der Waals surface area contributed by atoms with Crippen LogP contribution in [-0.2, 0) is 6.54 Å². The highest BCUT2D eigenvalue weighted by Crippen LogP contribution is 2.30. The van der Waals surface area contributed by atoms with Gasteiger partial charge in [-0.05, 0) is 38.1 Å². The third-order valence-electron chi connectivity index (χ3n) is 2.64. The zero-order valence-corrected chi connectivity index (χ0v) is 13.2. The minimum absolute atomic E-state index is 0.632. The van der Waals surface area contributed by atoms with Gasteiger partial charge in [0.15, 0.2) is 0 Å². The first-order chi connectivity index (χ1) is 9.72. The molecule has 1 N–H and O–H groups in total. The second-order valence-corrected chi connectivity index (χ2v) is 5.88. The molecule has 0 fully saturated rings. The van der Waals surface area contributed by atoms with Crippen LogP contribution in [0.2, 0.25) is 4.34 Å². The Bertz CT molecular complexity index is 557. The monoisotopic (exact) mass is 311 g/mol. The Kier molecular flexibility index (Phi) is 5.56. The Balaban J connectivity index is 2.11. The maximum atomic E-state index is 5.94. The van der Waals surface area contributed by atoms with Gasteiger partial charge in [0.25, 0.3) is 0 Å². The summed E-state index contributed by atoms with van der Waals surface area (Å²) in [5.41, 5.74) is 0.933. The lowest BCUT2D eigenvalue weighted by molar-refractivity contribution is 0.332. The van der Waals surface area contributed by atoms with Crippen LogP contribution in [0.15, 0.2) is 30.3 Å². The van der Waals surface area contributed by atoms with E-state index < -0.39 is 0 Å². The molecule has 0 aliphatic rings. The summed E-state index contributed by atoms with van der Waals surface area (Å²) in [5, 5.41) is 3.37. The molecule has 0 atom stereocenters. The van der Waals surface area contributed by atoms with Crippen molar-refractivity contribution in [3.63, 3.8) is 0 Å². The molecule has 0 saturated carbocycles. The van der Waals surface area contributed by atoms with Gasteiger partial charge in [-0.2, -0.15) is 0 Å². The predicted molar refractivity (Wildman–Crippen MR) is 85.4 cm³/mol. The lowest BCUT2D eigenvalue weighted by atomic mass is 10.2. The smallest absolute Gasteiger partial charge is 0.142 e. The molecule has 1 aromatic carbocycles. The van der Waals surface area contributed by atoms with E-state index in [1.54, 1.807) is 11.3 Å². The van der Waals surface area contributed by atoms with Crippen LogP contribution in [-0.4, -0.2) is 13.2 Å². The van der Waals surface area contributed by atoms with Crippen molar-refractivity contribution in [3.8, 4) is 11.5 Å². The summed E-state index contributed by atoms with van der Waals surface area (Å²) in [4.78, 5) is 1.18. The summed E-state index contributed by atoms with van der Waals surface area (Å²) in [5.74, 6) is 1.67. The summed E-state index contributed by atoms with van der Waals surface area (Å²) in [6, 6.07) is 9.74. The van der Waals surface area contributed by atoms with Crippen LogP contribution in [0, 0.1) is 0 Å². The van der Waals surface area contributed by atoms with Crippen molar-refractivity contribution in [1.29, 1.82) is 0 Å². The number of benzene rings is 1. The average Bonchev–Trinajstić information content (AvgIpc) is 2.85. The maximum absolute atomic E-state index is 5.94. The molecule has 0 amide bonds. The molecule has 2 aromatic rings. The van der Waals surface area contributed by atoms with Crippen molar-refractivity contribution < 1.29 is 9.47 Å². The standard InChI is InChI=1S/C15H18ClNO2S/c1-3-18-11-5-7-14(19-4-2)13(9-11)17-10-12-6-8-15(16)20-12/h5-9,17H,3-4,10H2,1-2H3. The van der Waals surface area contributed by atoms with Crippen molar-refractivity contribution in [2.45, 2.75) is 20.4 Å². The Morgan fingerprint density at radius 3 is 2.55 bits per heavy atom. The number of nitrogens with one attached hydrogen (secondary N) is 1. The van der Waals surface area contributed by atoms with Gasteiger partial charge in [0, 0.05) is 17.5 Å². The second kappa shape index (κ2) is 7.41. The molecule has 1 heterocycles. The summed E-state index contributed by atoms with van der Waals surface area (Å²) in [6.45, 7) is 5.94. The van der Waals surface area contributed by atoms with E-state index in [9.17, 15) is 0 Å². The average molecular weight is 312 g/mol. The van der Waals surface area contributed by atoms with Crippen LogP contribution in [0.5, 0.6) is 11.5 Å². The van der Waals surface area contributed by atoms with E-state index in [4.69, 9.17) is 21.1 Å². The number of thiophene rings is 1. The van der Waals surface area contributed by atoms with Gasteiger partial charge in [-0.25, -0.2) is 0 Å².